The van der Waals surface area contributed by atoms with E-state index in [0.717, 1.165) is 24.2 Å². The van der Waals surface area contributed by atoms with Crippen LogP contribution in [0.1, 0.15) is 49.5 Å². The summed E-state index contributed by atoms with van der Waals surface area (Å²) >= 11 is 0. The number of carbonyl (C=O) groups is 1. The number of nitrogens with one attached hydrogen (secondary N) is 1. The van der Waals surface area contributed by atoms with Crippen LogP contribution in [0.4, 0.5) is 0 Å². The Kier molecular flexibility index (Phi) is 8.66. The number of carbonyl (C=O) groups excluding carboxylic acids is 1. The van der Waals surface area contributed by atoms with Crippen LogP contribution < -0.4 is 19.5 Å². The minimum absolute atomic E-state index is 0.141. The second-order valence-electron chi connectivity index (χ2n) is 7.10. The van der Waals surface area contributed by atoms with Gasteiger partial charge >= 0.3 is 0 Å². The highest BCUT2D eigenvalue weighted by Gasteiger charge is 2.09. The molecule has 2 rings (SSSR count). The van der Waals surface area contributed by atoms with Crippen LogP contribution in [0.15, 0.2) is 42.5 Å². The molecule has 0 fully saturated rings. The van der Waals surface area contributed by atoms with E-state index in [9.17, 15) is 4.79 Å². The molecule has 0 bridgehead atoms. The van der Waals surface area contributed by atoms with Crippen LogP contribution in [-0.2, 0) is 6.54 Å². The van der Waals surface area contributed by atoms with Gasteiger partial charge in [0.25, 0.3) is 5.91 Å². The van der Waals surface area contributed by atoms with Gasteiger partial charge in [-0.2, -0.15) is 0 Å². The normalized spacial score (nSPS) is 10.6. The van der Waals surface area contributed by atoms with Crippen molar-refractivity contribution in [3.05, 3.63) is 53.6 Å². The summed E-state index contributed by atoms with van der Waals surface area (Å²) in [7, 11) is 1.62. The fraction of sp³-hybridized carbons (Fsp3) is 0.435. The molecule has 0 aliphatic rings. The molecule has 5 heteroatoms. The SMILES string of the molecule is CCCCOc1ccc(CNC(=O)c2cccc(OCC(C)C)c2)cc1OC. The number of hydrogen-bond donors (Lipinski definition) is 1. The largest absolute Gasteiger partial charge is 0.493 e. The number of methoxy groups -OCH3 is 1. The fourth-order valence-corrected chi connectivity index (χ4v) is 2.54. The molecule has 0 radical (unpaired) electrons. The Morgan fingerprint density at radius 1 is 1.07 bits per heavy atom. The van der Waals surface area contributed by atoms with Crippen molar-refractivity contribution in [1.82, 2.24) is 5.32 Å². The Morgan fingerprint density at radius 3 is 2.61 bits per heavy atom. The summed E-state index contributed by atoms with van der Waals surface area (Å²) in [4.78, 5) is 12.5. The van der Waals surface area contributed by atoms with Gasteiger partial charge in [-0.1, -0.05) is 39.3 Å². The topological polar surface area (TPSA) is 56.8 Å². The molecule has 0 saturated heterocycles. The zero-order valence-corrected chi connectivity index (χ0v) is 17.3. The molecule has 0 saturated carbocycles. The van der Waals surface area contributed by atoms with E-state index in [0.29, 0.717) is 42.7 Å². The predicted octanol–water partition coefficient (Wildman–Crippen LogP) is 4.84. The van der Waals surface area contributed by atoms with Crippen LogP contribution in [-0.4, -0.2) is 26.2 Å². The molecule has 0 aromatic heterocycles. The lowest BCUT2D eigenvalue weighted by Gasteiger charge is -2.13. The lowest BCUT2D eigenvalue weighted by molar-refractivity contribution is 0.0950. The molecule has 0 unspecified atom stereocenters. The number of rotatable bonds is 11. The van der Waals surface area contributed by atoms with Crippen LogP contribution in [0.25, 0.3) is 0 Å². The third-order valence-electron chi connectivity index (χ3n) is 4.12. The molecule has 2 aromatic rings. The highest BCUT2D eigenvalue weighted by atomic mass is 16.5. The Morgan fingerprint density at radius 2 is 1.89 bits per heavy atom. The summed E-state index contributed by atoms with van der Waals surface area (Å²) in [5.74, 6) is 2.39. The van der Waals surface area contributed by atoms with Crippen molar-refractivity contribution in [2.75, 3.05) is 20.3 Å². The maximum atomic E-state index is 12.5. The number of unbranched alkanes of at least 4 members (excludes halogenated alkanes) is 1. The van der Waals surface area contributed by atoms with Gasteiger partial charge in [-0.3, -0.25) is 4.79 Å². The van der Waals surface area contributed by atoms with Crippen LogP contribution >= 0.6 is 0 Å². The summed E-state index contributed by atoms with van der Waals surface area (Å²) < 4.78 is 16.9. The first kappa shape index (κ1) is 21.6. The Hall–Kier alpha value is -2.69. The van der Waals surface area contributed by atoms with Crippen molar-refractivity contribution in [3.63, 3.8) is 0 Å². The molecule has 1 N–H and O–H groups in total. The van der Waals surface area contributed by atoms with Gasteiger partial charge in [-0.15, -0.1) is 0 Å². The second-order valence-corrected chi connectivity index (χ2v) is 7.10. The van der Waals surface area contributed by atoms with Gasteiger partial charge in [0.2, 0.25) is 0 Å². The summed E-state index contributed by atoms with van der Waals surface area (Å²) in [5, 5.41) is 2.94. The van der Waals surface area contributed by atoms with Crippen molar-refractivity contribution in [2.45, 2.75) is 40.2 Å². The molecular weight excluding hydrogens is 354 g/mol. The van der Waals surface area contributed by atoms with Crippen LogP contribution in [0, 0.1) is 5.92 Å². The quantitative estimate of drug-likeness (QED) is 0.563. The van der Waals surface area contributed by atoms with Gasteiger partial charge < -0.3 is 19.5 Å². The zero-order chi connectivity index (χ0) is 20.4. The zero-order valence-electron chi connectivity index (χ0n) is 17.3. The van der Waals surface area contributed by atoms with E-state index >= 15 is 0 Å². The number of amides is 1. The lowest BCUT2D eigenvalue weighted by Crippen LogP contribution is -2.22. The summed E-state index contributed by atoms with van der Waals surface area (Å²) in [5.41, 5.74) is 1.52. The molecule has 152 valence electrons. The van der Waals surface area contributed by atoms with Gasteiger partial charge in [-0.05, 0) is 48.2 Å². The summed E-state index contributed by atoms with van der Waals surface area (Å²) in [6.45, 7) is 7.99. The number of hydrogen-bond acceptors (Lipinski definition) is 4. The van der Waals surface area contributed by atoms with Gasteiger partial charge in [0.1, 0.15) is 5.75 Å². The van der Waals surface area contributed by atoms with Crippen LogP contribution in [0.2, 0.25) is 0 Å². The third-order valence-corrected chi connectivity index (χ3v) is 4.12. The first-order chi connectivity index (χ1) is 13.5. The Bertz CT molecular complexity index is 758. The molecule has 0 aliphatic carbocycles. The van der Waals surface area contributed by atoms with E-state index in [-0.39, 0.29) is 5.91 Å². The average molecular weight is 386 g/mol. The van der Waals surface area contributed by atoms with Crippen molar-refractivity contribution in [3.8, 4) is 17.2 Å². The van der Waals surface area contributed by atoms with E-state index in [1.54, 1.807) is 19.2 Å². The van der Waals surface area contributed by atoms with E-state index in [4.69, 9.17) is 14.2 Å². The lowest BCUT2D eigenvalue weighted by atomic mass is 10.1. The summed E-state index contributed by atoms with van der Waals surface area (Å²) in [6, 6.07) is 13.0. The minimum Gasteiger partial charge on any atom is -0.493 e. The molecule has 0 aliphatic heterocycles. The first-order valence-electron chi connectivity index (χ1n) is 9.84. The van der Waals surface area contributed by atoms with Crippen molar-refractivity contribution in [1.29, 1.82) is 0 Å². The molecule has 0 atom stereocenters. The van der Waals surface area contributed by atoms with Gasteiger partial charge in [0, 0.05) is 12.1 Å². The second kappa shape index (κ2) is 11.2. The highest BCUT2D eigenvalue weighted by molar-refractivity contribution is 5.94. The molecule has 0 heterocycles. The van der Waals surface area contributed by atoms with Crippen molar-refractivity contribution >= 4 is 5.91 Å². The standard InChI is InChI=1S/C23H31NO4/c1-5-6-12-27-21-11-10-18(13-22(21)26-4)15-24-23(25)19-8-7-9-20(14-19)28-16-17(2)3/h7-11,13-14,17H,5-6,12,15-16H2,1-4H3,(H,24,25). The highest BCUT2D eigenvalue weighted by Crippen LogP contribution is 2.28. The average Bonchev–Trinajstić information content (AvgIpc) is 2.71. The van der Waals surface area contributed by atoms with E-state index < -0.39 is 0 Å². The maximum Gasteiger partial charge on any atom is 0.251 e. The predicted molar refractivity (Wildman–Crippen MR) is 111 cm³/mol. The number of ether oxygens (including phenoxy) is 3. The molecule has 2 aromatic carbocycles. The maximum absolute atomic E-state index is 12.5. The number of benzene rings is 2. The Balaban J connectivity index is 1.95. The first-order valence-corrected chi connectivity index (χ1v) is 9.84. The van der Waals surface area contributed by atoms with Crippen molar-refractivity contribution in [2.24, 2.45) is 5.92 Å². The molecular formula is C23H31NO4. The Labute approximate surface area is 168 Å². The fourth-order valence-electron chi connectivity index (χ4n) is 2.54. The molecule has 0 spiro atoms. The van der Waals surface area contributed by atoms with Crippen LogP contribution in [0.3, 0.4) is 0 Å². The van der Waals surface area contributed by atoms with E-state index in [1.807, 2.05) is 30.3 Å². The third kappa shape index (κ3) is 6.80. The van der Waals surface area contributed by atoms with E-state index in [2.05, 4.69) is 26.1 Å². The molecule has 28 heavy (non-hydrogen) atoms. The molecule has 5 nitrogen and oxygen atoms in total. The van der Waals surface area contributed by atoms with Crippen molar-refractivity contribution < 1.29 is 19.0 Å². The van der Waals surface area contributed by atoms with Gasteiger partial charge in [0.05, 0.1) is 20.3 Å². The smallest absolute Gasteiger partial charge is 0.251 e. The molecule has 1 amide bonds. The van der Waals surface area contributed by atoms with E-state index in [1.165, 1.54) is 0 Å². The van der Waals surface area contributed by atoms with Crippen LogP contribution in [0.5, 0.6) is 17.2 Å². The van der Waals surface area contributed by atoms with Gasteiger partial charge in [-0.25, -0.2) is 0 Å². The minimum atomic E-state index is -0.141. The van der Waals surface area contributed by atoms with Gasteiger partial charge in [0.15, 0.2) is 11.5 Å². The summed E-state index contributed by atoms with van der Waals surface area (Å²) in [6.07, 6.45) is 2.08. The monoisotopic (exact) mass is 385 g/mol.